The van der Waals surface area contributed by atoms with Gasteiger partial charge in [0.05, 0.1) is 18.8 Å². The lowest BCUT2D eigenvalue weighted by Crippen LogP contribution is -2.32. The topological polar surface area (TPSA) is 81.2 Å². The molecule has 0 amide bonds. The number of hydrogen-bond acceptors (Lipinski definition) is 6. The van der Waals surface area contributed by atoms with Gasteiger partial charge < -0.3 is 4.74 Å². The third kappa shape index (κ3) is 3.65. The highest BCUT2D eigenvalue weighted by Crippen LogP contribution is 2.28. The molecule has 8 heteroatoms. The molecule has 1 atom stereocenters. The second kappa shape index (κ2) is 7.07. The Morgan fingerprint density at radius 2 is 1.80 bits per heavy atom. The average molecular weight is 377 g/mol. The molecule has 0 aliphatic heterocycles. The summed E-state index contributed by atoms with van der Waals surface area (Å²) in [5, 5.41) is 0. The Morgan fingerprint density at radius 3 is 2.44 bits per heavy atom. The highest BCUT2D eigenvalue weighted by molar-refractivity contribution is 7.89. The summed E-state index contributed by atoms with van der Waals surface area (Å²) in [6.07, 6.45) is 0. The molecule has 0 saturated carbocycles. The van der Waals surface area contributed by atoms with Crippen LogP contribution in [-0.4, -0.2) is 24.3 Å². The molecule has 0 aliphatic rings. The van der Waals surface area contributed by atoms with Crippen molar-refractivity contribution in [3.63, 3.8) is 0 Å². The van der Waals surface area contributed by atoms with E-state index in [1.165, 1.54) is 0 Å². The highest BCUT2D eigenvalue weighted by atomic mass is 32.2. The van der Waals surface area contributed by atoms with Crippen molar-refractivity contribution in [2.24, 2.45) is 5.92 Å². The minimum absolute atomic E-state index is 0.0657. The maximum Gasteiger partial charge on any atom is 0.243 e. The summed E-state index contributed by atoms with van der Waals surface area (Å²) in [6, 6.07) is 12.0. The van der Waals surface area contributed by atoms with E-state index in [1.54, 1.807) is 25.3 Å². The first-order valence-electron chi connectivity index (χ1n) is 7.80. The molecule has 0 saturated heterocycles. The quantitative estimate of drug-likeness (QED) is 0.712. The van der Waals surface area contributed by atoms with Gasteiger partial charge in [-0.2, -0.15) is 8.75 Å². The third-order valence-electron chi connectivity index (χ3n) is 3.96. The highest BCUT2D eigenvalue weighted by Gasteiger charge is 2.26. The summed E-state index contributed by atoms with van der Waals surface area (Å²) in [6.45, 7) is 3.95. The van der Waals surface area contributed by atoms with Crippen molar-refractivity contribution < 1.29 is 13.2 Å². The van der Waals surface area contributed by atoms with Gasteiger partial charge in [-0.25, -0.2) is 13.1 Å². The summed E-state index contributed by atoms with van der Waals surface area (Å²) < 4.78 is 42.1. The average Bonchev–Trinajstić information content (AvgIpc) is 3.08. The second-order valence-electron chi connectivity index (χ2n) is 6.00. The second-order valence-corrected chi connectivity index (χ2v) is 8.22. The molecule has 3 rings (SSSR count). The molecule has 0 radical (unpaired) electrons. The minimum atomic E-state index is -3.74. The number of methoxy groups -OCH3 is 1. The minimum Gasteiger partial charge on any atom is -0.497 e. The number of nitrogens with zero attached hydrogens (tertiary/aromatic N) is 2. The van der Waals surface area contributed by atoms with Gasteiger partial charge in [0.1, 0.15) is 21.7 Å². The molecule has 3 aromatic rings. The van der Waals surface area contributed by atoms with E-state index in [-0.39, 0.29) is 16.9 Å². The molecule has 2 aromatic carbocycles. The molecule has 1 N–H and O–H groups in total. The van der Waals surface area contributed by atoms with E-state index < -0.39 is 10.0 Å². The maximum absolute atomic E-state index is 13.0. The summed E-state index contributed by atoms with van der Waals surface area (Å²) in [5.74, 6) is 0.795. The van der Waals surface area contributed by atoms with Crippen LogP contribution in [0.3, 0.4) is 0 Å². The lowest BCUT2D eigenvalue weighted by Gasteiger charge is -2.23. The smallest absolute Gasteiger partial charge is 0.243 e. The Bertz CT molecular complexity index is 966. The Balaban J connectivity index is 1.97. The molecule has 0 spiro atoms. The maximum atomic E-state index is 13.0. The van der Waals surface area contributed by atoms with E-state index in [2.05, 4.69) is 13.5 Å². The zero-order chi connectivity index (χ0) is 18.0. The standard InChI is InChI=1S/C17H19N3O3S2/c1-11(2)16(12-7-9-13(23-3)10-8-12)20-25(21,22)15-6-4-5-14-17(15)19-24-18-14/h4-11,16,20H,1-3H3/t16-/m1/s1. The fraction of sp³-hybridized carbons (Fsp3) is 0.294. The molecule has 1 aromatic heterocycles. The van der Waals surface area contributed by atoms with Gasteiger partial charge in [0.25, 0.3) is 0 Å². The fourth-order valence-electron chi connectivity index (χ4n) is 2.63. The Hall–Kier alpha value is -2.03. The van der Waals surface area contributed by atoms with Crippen molar-refractivity contribution in [1.29, 1.82) is 0 Å². The molecule has 0 unspecified atom stereocenters. The van der Waals surface area contributed by atoms with Crippen LogP contribution in [0, 0.1) is 5.92 Å². The van der Waals surface area contributed by atoms with Crippen molar-refractivity contribution >= 4 is 32.8 Å². The van der Waals surface area contributed by atoms with Crippen LogP contribution in [0.1, 0.15) is 25.5 Å². The first-order valence-corrected chi connectivity index (χ1v) is 10.0. The van der Waals surface area contributed by atoms with Gasteiger partial charge in [0, 0.05) is 6.04 Å². The lowest BCUT2D eigenvalue weighted by atomic mass is 9.97. The largest absolute Gasteiger partial charge is 0.497 e. The van der Waals surface area contributed by atoms with Crippen molar-refractivity contribution in [2.75, 3.05) is 7.11 Å². The molecular weight excluding hydrogens is 358 g/mol. The normalized spacial score (nSPS) is 13.3. The van der Waals surface area contributed by atoms with Crippen molar-refractivity contribution in [2.45, 2.75) is 24.8 Å². The zero-order valence-electron chi connectivity index (χ0n) is 14.1. The number of sulfonamides is 1. The molecule has 25 heavy (non-hydrogen) atoms. The first kappa shape index (κ1) is 17.8. The van der Waals surface area contributed by atoms with E-state index in [4.69, 9.17) is 4.74 Å². The summed E-state index contributed by atoms with van der Waals surface area (Å²) in [4.78, 5) is 0.151. The van der Waals surface area contributed by atoms with Crippen LogP contribution < -0.4 is 9.46 Å². The molecule has 0 bridgehead atoms. The summed E-state index contributed by atoms with van der Waals surface area (Å²) in [7, 11) is -2.14. The Labute approximate surface area is 151 Å². The number of hydrogen-bond donors (Lipinski definition) is 1. The number of fused-ring (bicyclic) bond motifs is 1. The van der Waals surface area contributed by atoms with Crippen LogP contribution in [0.2, 0.25) is 0 Å². The molecule has 0 fully saturated rings. The van der Waals surface area contributed by atoms with Gasteiger partial charge >= 0.3 is 0 Å². The summed E-state index contributed by atoms with van der Waals surface area (Å²) >= 11 is 1.00. The van der Waals surface area contributed by atoms with Gasteiger partial charge in [0.15, 0.2) is 0 Å². The number of aromatic nitrogens is 2. The SMILES string of the molecule is COc1ccc([C@H](NS(=O)(=O)c2cccc3nsnc23)C(C)C)cc1. The third-order valence-corrected chi connectivity index (χ3v) is 5.98. The molecule has 1 heterocycles. The van der Waals surface area contributed by atoms with Gasteiger partial charge in [-0.3, -0.25) is 0 Å². The van der Waals surface area contributed by atoms with E-state index in [0.29, 0.717) is 11.0 Å². The summed E-state index contributed by atoms with van der Waals surface area (Å²) in [5.41, 5.74) is 1.86. The Morgan fingerprint density at radius 1 is 1.08 bits per heavy atom. The molecular formula is C17H19N3O3S2. The van der Waals surface area contributed by atoms with Gasteiger partial charge in [-0.05, 0) is 35.7 Å². The van der Waals surface area contributed by atoms with Crippen LogP contribution >= 0.6 is 11.7 Å². The van der Waals surface area contributed by atoms with Crippen LogP contribution in [0.15, 0.2) is 47.4 Å². The van der Waals surface area contributed by atoms with Gasteiger partial charge in [0.2, 0.25) is 10.0 Å². The number of nitrogens with one attached hydrogen (secondary N) is 1. The van der Waals surface area contributed by atoms with Gasteiger partial charge in [-0.15, -0.1) is 0 Å². The van der Waals surface area contributed by atoms with Crippen LogP contribution in [0.5, 0.6) is 5.75 Å². The van der Waals surface area contributed by atoms with E-state index in [1.807, 2.05) is 38.1 Å². The lowest BCUT2D eigenvalue weighted by molar-refractivity contribution is 0.413. The zero-order valence-corrected chi connectivity index (χ0v) is 15.8. The first-order chi connectivity index (χ1) is 11.9. The van der Waals surface area contributed by atoms with Gasteiger partial charge in [-0.1, -0.05) is 32.0 Å². The Kier molecular flexibility index (Phi) is 5.03. The van der Waals surface area contributed by atoms with Crippen molar-refractivity contribution in [3.05, 3.63) is 48.0 Å². The predicted octanol–water partition coefficient (Wildman–Crippen LogP) is 3.38. The number of benzene rings is 2. The van der Waals surface area contributed by atoms with Crippen LogP contribution in [0.4, 0.5) is 0 Å². The number of rotatable bonds is 6. The van der Waals surface area contributed by atoms with Crippen molar-refractivity contribution in [3.8, 4) is 5.75 Å². The van der Waals surface area contributed by atoms with E-state index >= 15 is 0 Å². The van der Waals surface area contributed by atoms with Crippen LogP contribution in [0.25, 0.3) is 11.0 Å². The monoisotopic (exact) mass is 377 g/mol. The number of ether oxygens (including phenoxy) is 1. The van der Waals surface area contributed by atoms with Crippen LogP contribution in [-0.2, 0) is 10.0 Å². The molecule has 0 aliphatic carbocycles. The molecule has 6 nitrogen and oxygen atoms in total. The fourth-order valence-corrected chi connectivity index (χ4v) is 4.77. The molecule has 132 valence electrons. The van der Waals surface area contributed by atoms with Crippen molar-refractivity contribution in [1.82, 2.24) is 13.5 Å². The van der Waals surface area contributed by atoms with E-state index in [0.717, 1.165) is 23.0 Å². The predicted molar refractivity (Wildman–Crippen MR) is 98.3 cm³/mol. The van der Waals surface area contributed by atoms with E-state index in [9.17, 15) is 8.42 Å².